The molecule has 0 radical (unpaired) electrons. The van der Waals surface area contributed by atoms with Gasteiger partial charge in [-0.3, -0.25) is 14.7 Å². The van der Waals surface area contributed by atoms with Crippen molar-refractivity contribution in [3.05, 3.63) is 52.8 Å². The van der Waals surface area contributed by atoms with E-state index in [9.17, 15) is 9.59 Å². The van der Waals surface area contributed by atoms with Gasteiger partial charge in [-0.25, -0.2) is 0 Å². The molecular weight excluding hydrogens is 316 g/mol. The zero-order valence-corrected chi connectivity index (χ0v) is 14.7. The number of piperidine rings is 1. The summed E-state index contributed by atoms with van der Waals surface area (Å²) in [4.78, 5) is 26.8. The molecule has 1 fully saturated rings. The summed E-state index contributed by atoms with van der Waals surface area (Å²) in [5.41, 5.74) is 3.43. The molecule has 0 unspecified atom stereocenters. The van der Waals surface area contributed by atoms with Gasteiger partial charge in [0.1, 0.15) is 0 Å². The monoisotopic (exact) mass is 340 g/mol. The summed E-state index contributed by atoms with van der Waals surface area (Å²) in [6.45, 7) is 5.11. The van der Waals surface area contributed by atoms with E-state index < -0.39 is 0 Å². The summed E-state index contributed by atoms with van der Waals surface area (Å²) in [6, 6.07) is 9.29. The number of aromatic nitrogens is 2. The average molecular weight is 340 g/mol. The summed E-state index contributed by atoms with van der Waals surface area (Å²) in [5.74, 6) is 0.00711. The Morgan fingerprint density at radius 2 is 2.04 bits per heavy atom. The summed E-state index contributed by atoms with van der Waals surface area (Å²) < 4.78 is 0. The molecule has 1 aromatic heterocycles. The van der Waals surface area contributed by atoms with E-state index in [0.717, 1.165) is 36.3 Å². The van der Waals surface area contributed by atoms with E-state index in [2.05, 4.69) is 15.5 Å². The van der Waals surface area contributed by atoms with Crippen LogP contribution in [0.5, 0.6) is 0 Å². The van der Waals surface area contributed by atoms with E-state index >= 15 is 0 Å². The molecule has 2 aromatic rings. The zero-order valence-electron chi connectivity index (χ0n) is 14.7. The van der Waals surface area contributed by atoms with Gasteiger partial charge in [-0.2, -0.15) is 5.10 Å². The fraction of sp³-hybridized carbons (Fsp3) is 0.421. The Labute approximate surface area is 147 Å². The molecule has 2 heterocycles. The lowest BCUT2D eigenvalue weighted by atomic mass is 10.0. The number of hydrogen-bond donors (Lipinski definition) is 2. The van der Waals surface area contributed by atoms with Crippen molar-refractivity contribution in [2.45, 2.75) is 39.2 Å². The van der Waals surface area contributed by atoms with Gasteiger partial charge in [0.25, 0.3) is 5.91 Å². The normalized spacial score (nSPS) is 17.4. The maximum Gasteiger partial charge on any atom is 0.253 e. The first-order valence-corrected chi connectivity index (χ1v) is 8.68. The van der Waals surface area contributed by atoms with Crippen LogP contribution < -0.4 is 5.32 Å². The van der Waals surface area contributed by atoms with E-state index in [1.54, 1.807) is 0 Å². The number of likely N-dealkylation sites (tertiary alicyclic amines) is 1. The molecule has 6 heteroatoms. The van der Waals surface area contributed by atoms with Crippen molar-refractivity contribution < 1.29 is 9.59 Å². The number of hydrogen-bond acceptors (Lipinski definition) is 3. The van der Waals surface area contributed by atoms with Gasteiger partial charge in [-0.15, -0.1) is 0 Å². The maximum absolute atomic E-state index is 12.6. The lowest BCUT2D eigenvalue weighted by Gasteiger charge is -2.33. The van der Waals surface area contributed by atoms with Crippen molar-refractivity contribution in [2.75, 3.05) is 13.1 Å². The molecule has 132 valence electrons. The van der Waals surface area contributed by atoms with Crippen LogP contribution in [0, 0.1) is 13.8 Å². The van der Waals surface area contributed by atoms with Crippen molar-refractivity contribution in [3.63, 3.8) is 0 Å². The van der Waals surface area contributed by atoms with Crippen LogP contribution in [0.4, 0.5) is 0 Å². The first kappa shape index (κ1) is 17.2. The molecule has 0 aliphatic carbocycles. The summed E-state index contributed by atoms with van der Waals surface area (Å²) in [5, 5.41) is 10.1. The second-order valence-electron chi connectivity index (χ2n) is 6.61. The zero-order chi connectivity index (χ0) is 17.8. The van der Waals surface area contributed by atoms with Crippen molar-refractivity contribution >= 4 is 11.8 Å². The highest BCUT2D eigenvalue weighted by atomic mass is 16.2. The number of aromatic amines is 1. The van der Waals surface area contributed by atoms with Gasteiger partial charge in [-0.05, 0) is 38.8 Å². The Kier molecular flexibility index (Phi) is 5.16. The number of nitrogens with one attached hydrogen (secondary N) is 2. The van der Waals surface area contributed by atoms with Gasteiger partial charge in [0.2, 0.25) is 5.91 Å². The van der Waals surface area contributed by atoms with E-state index in [-0.39, 0.29) is 17.9 Å². The smallest absolute Gasteiger partial charge is 0.253 e. The number of nitrogens with zero attached hydrogens (tertiary/aromatic N) is 2. The fourth-order valence-electron chi connectivity index (χ4n) is 3.32. The molecule has 1 aliphatic heterocycles. The van der Waals surface area contributed by atoms with Crippen LogP contribution in [0.15, 0.2) is 30.3 Å². The first-order chi connectivity index (χ1) is 12.0. The highest BCUT2D eigenvalue weighted by Crippen LogP contribution is 2.15. The van der Waals surface area contributed by atoms with Gasteiger partial charge >= 0.3 is 0 Å². The molecule has 25 heavy (non-hydrogen) atoms. The van der Waals surface area contributed by atoms with Crippen LogP contribution in [-0.2, 0) is 11.2 Å². The minimum atomic E-state index is -0.0217. The largest absolute Gasteiger partial charge is 0.351 e. The van der Waals surface area contributed by atoms with Crippen molar-refractivity contribution in [2.24, 2.45) is 0 Å². The predicted molar refractivity (Wildman–Crippen MR) is 95.3 cm³/mol. The molecule has 0 bridgehead atoms. The Hall–Kier alpha value is -2.63. The standard InChI is InChI=1S/C19H24N4O2/c1-13-17(14(2)22-21-13)11-18(24)20-16-9-6-10-23(12-16)19(25)15-7-4-3-5-8-15/h3-5,7-8,16H,6,9-12H2,1-2H3,(H,20,24)(H,21,22)/t16-/m0/s1. The van der Waals surface area contributed by atoms with Crippen LogP contribution in [0.25, 0.3) is 0 Å². The van der Waals surface area contributed by atoms with E-state index in [1.165, 1.54) is 0 Å². The molecule has 3 rings (SSSR count). The van der Waals surface area contributed by atoms with Crippen molar-refractivity contribution in [1.82, 2.24) is 20.4 Å². The average Bonchev–Trinajstić information content (AvgIpc) is 2.94. The highest BCUT2D eigenvalue weighted by molar-refractivity contribution is 5.94. The number of amides is 2. The third-order valence-electron chi connectivity index (χ3n) is 4.71. The van der Waals surface area contributed by atoms with Crippen LogP contribution in [-0.4, -0.2) is 46.0 Å². The van der Waals surface area contributed by atoms with Crippen molar-refractivity contribution in [1.29, 1.82) is 0 Å². The Balaban J connectivity index is 1.58. The van der Waals surface area contributed by atoms with Crippen LogP contribution in [0.1, 0.15) is 40.2 Å². The number of carbonyl (C=O) groups is 2. The van der Waals surface area contributed by atoms with Gasteiger partial charge in [0, 0.05) is 36.0 Å². The molecule has 1 aliphatic rings. The summed E-state index contributed by atoms with van der Waals surface area (Å²) >= 11 is 0. The minimum Gasteiger partial charge on any atom is -0.351 e. The molecule has 1 saturated heterocycles. The topological polar surface area (TPSA) is 78.1 Å². The lowest BCUT2D eigenvalue weighted by Crippen LogP contribution is -2.50. The molecule has 0 saturated carbocycles. The van der Waals surface area contributed by atoms with Crippen LogP contribution in [0.2, 0.25) is 0 Å². The highest BCUT2D eigenvalue weighted by Gasteiger charge is 2.25. The maximum atomic E-state index is 12.6. The SMILES string of the molecule is Cc1n[nH]c(C)c1CC(=O)N[C@H]1CCCN(C(=O)c2ccccc2)C1. The number of benzene rings is 1. The van der Waals surface area contributed by atoms with Gasteiger partial charge in [0.05, 0.1) is 12.1 Å². The molecule has 2 amide bonds. The second kappa shape index (κ2) is 7.51. The molecular formula is C19H24N4O2. The Bertz CT molecular complexity index is 735. The minimum absolute atomic E-state index is 0.00132. The Morgan fingerprint density at radius 1 is 1.28 bits per heavy atom. The third-order valence-corrected chi connectivity index (χ3v) is 4.71. The number of aryl methyl sites for hydroxylation is 2. The summed E-state index contributed by atoms with van der Waals surface area (Å²) in [7, 11) is 0. The van der Waals surface area contributed by atoms with Gasteiger partial charge < -0.3 is 10.2 Å². The third kappa shape index (κ3) is 4.07. The van der Waals surface area contributed by atoms with E-state index in [0.29, 0.717) is 18.5 Å². The predicted octanol–water partition coefficient (Wildman–Crippen LogP) is 1.99. The van der Waals surface area contributed by atoms with Crippen molar-refractivity contribution in [3.8, 4) is 0 Å². The van der Waals surface area contributed by atoms with E-state index in [1.807, 2.05) is 49.1 Å². The quantitative estimate of drug-likeness (QED) is 0.893. The Morgan fingerprint density at radius 3 is 2.72 bits per heavy atom. The number of rotatable bonds is 4. The number of H-pyrrole nitrogens is 1. The van der Waals surface area contributed by atoms with E-state index in [4.69, 9.17) is 0 Å². The molecule has 6 nitrogen and oxygen atoms in total. The van der Waals surface area contributed by atoms with Gasteiger partial charge in [-0.1, -0.05) is 18.2 Å². The molecule has 2 N–H and O–H groups in total. The van der Waals surface area contributed by atoms with Crippen LogP contribution >= 0.6 is 0 Å². The lowest BCUT2D eigenvalue weighted by molar-refractivity contribution is -0.121. The second-order valence-corrected chi connectivity index (χ2v) is 6.61. The molecule has 0 spiro atoms. The van der Waals surface area contributed by atoms with Crippen LogP contribution in [0.3, 0.4) is 0 Å². The number of carbonyl (C=O) groups excluding carboxylic acids is 2. The summed E-state index contributed by atoms with van der Waals surface area (Å²) in [6.07, 6.45) is 2.11. The molecule has 1 aromatic carbocycles. The fourth-order valence-corrected chi connectivity index (χ4v) is 3.32. The molecule has 1 atom stereocenters. The first-order valence-electron chi connectivity index (χ1n) is 8.68. The van der Waals surface area contributed by atoms with Gasteiger partial charge in [0.15, 0.2) is 0 Å².